The maximum absolute atomic E-state index is 12.7. The second-order valence-corrected chi connectivity index (χ2v) is 5.04. The van der Waals surface area contributed by atoms with Crippen LogP contribution in [0.25, 0.3) is 0 Å². The molecule has 3 N–H and O–H groups in total. The fourth-order valence-electron chi connectivity index (χ4n) is 2.27. The molecule has 18 heavy (non-hydrogen) atoms. The lowest BCUT2D eigenvalue weighted by atomic mass is 9.93. The number of amidine groups is 1. The van der Waals surface area contributed by atoms with E-state index >= 15 is 0 Å². The fraction of sp³-hybridized carbons (Fsp3) is 0.909. The highest BCUT2D eigenvalue weighted by Crippen LogP contribution is 2.30. The molecule has 0 saturated carbocycles. The van der Waals surface area contributed by atoms with Gasteiger partial charge in [0.05, 0.1) is 5.60 Å². The Labute approximate surface area is 105 Å². The van der Waals surface area contributed by atoms with Gasteiger partial charge in [0, 0.05) is 20.2 Å². The average molecular weight is 267 g/mol. The number of halogens is 3. The quantitative estimate of drug-likeness (QED) is 0.601. The number of nitrogens with zero attached hydrogens (tertiary/aromatic N) is 1. The minimum atomic E-state index is -4.47. The van der Waals surface area contributed by atoms with Crippen molar-refractivity contribution in [3.05, 3.63) is 0 Å². The smallest absolute Gasteiger partial charge is 0.387 e. The largest absolute Gasteiger partial charge is 0.399 e. The molecular weight excluding hydrogens is 247 g/mol. The third-order valence-corrected chi connectivity index (χ3v) is 3.44. The van der Waals surface area contributed by atoms with Gasteiger partial charge in [-0.05, 0) is 26.3 Å². The molecule has 0 aliphatic carbocycles. The minimum Gasteiger partial charge on any atom is -0.387 e. The molecule has 0 aromatic rings. The van der Waals surface area contributed by atoms with Gasteiger partial charge < -0.3 is 10.5 Å². The van der Waals surface area contributed by atoms with E-state index in [2.05, 4.69) is 0 Å². The summed E-state index contributed by atoms with van der Waals surface area (Å²) in [7, 11) is 1.57. The van der Waals surface area contributed by atoms with Crippen molar-refractivity contribution in [2.75, 3.05) is 26.7 Å². The number of methoxy groups -OCH3 is 1. The van der Waals surface area contributed by atoms with Crippen molar-refractivity contribution in [1.29, 1.82) is 5.41 Å². The van der Waals surface area contributed by atoms with Gasteiger partial charge in [-0.3, -0.25) is 10.3 Å². The number of rotatable bonds is 4. The third-order valence-electron chi connectivity index (χ3n) is 3.44. The molecule has 0 bridgehead atoms. The van der Waals surface area contributed by atoms with Gasteiger partial charge in [-0.25, -0.2) is 0 Å². The number of hydrogen-bond donors (Lipinski definition) is 2. The molecule has 1 heterocycles. The number of hydrogen-bond acceptors (Lipinski definition) is 3. The summed E-state index contributed by atoms with van der Waals surface area (Å²) >= 11 is 0. The Kier molecular flexibility index (Phi) is 4.61. The predicted octanol–water partition coefficient (Wildman–Crippen LogP) is 1.60. The summed E-state index contributed by atoms with van der Waals surface area (Å²) in [5, 5.41) is 7.07. The molecule has 4 nitrogen and oxygen atoms in total. The Morgan fingerprint density at radius 3 is 2.61 bits per heavy atom. The van der Waals surface area contributed by atoms with E-state index in [1.54, 1.807) is 12.0 Å². The van der Waals surface area contributed by atoms with E-state index in [-0.39, 0.29) is 6.54 Å². The standard InChI is InChI=1S/C11H20F3N3O/c1-10(18-2)4-3-5-17(7-10)6-8(9(15)16)11(12,13)14/h8H,3-7H2,1-2H3,(H3,15,16). The molecule has 0 aromatic carbocycles. The molecule has 106 valence electrons. The molecule has 7 heteroatoms. The van der Waals surface area contributed by atoms with Crippen molar-refractivity contribution in [3.8, 4) is 0 Å². The summed E-state index contributed by atoms with van der Waals surface area (Å²) in [6.07, 6.45) is -2.85. The van der Waals surface area contributed by atoms with Crippen LogP contribution in [0.1, 0.15) is 19.8 Å². The van der Waals surface area contributed by atoms with Crippen LogP contribution in [0.4, 0.5) is 13.2 Å². The van der Waals surface area contributed by atoms with Crippen LogP contribution >= 0.6 is 0 Å². The van der Waals surface area contributed by atoms with Crippen LogP contribution in [0.3, 0.4) is 0 Å². The average Bonchev–Trinajstić information content (AvgIpc) is 2.24. The van der Waals surface area contributed by atoms with Gasteiger partial charge in [-0.15, -0.1) is 0 Å². The molecule has 0 amide bonds. The first kappa shape index (κ1) is 15.2. The second-order valence-electron chi connectivity index (χ2n) is 5.04. The van der Waals surface area contributed by atoms with Gasteiger partial charge >= 0.3 is 6.18 Å². The van der Waals surface area contributed by atoms with Crippen LogP contribution in [0.2, 0.25) is 0 Å². The van der Waals surface area contributed by atoms with E-state index in [0.29, 0.717) is 13.1 Å². The van der Waals surface area contributed by atoms with Crippen LogP contribution < -0.4 is 5.73 Å². The van der Waals surface area contributed by atoms with Crippen LogP contribution in [0.15, 0.2) is 0 Å². The van der Waals surface area contributed by atoms with Crippen LogP contribution in [0, 0.1) is 11.3 Å². The summed E-state index contributed by atoms with van der Waals surface area (Å²) < 4.78 is 43.5. The van der Waals surface area contributed by atoms with Crippen molar-refractivity contribution in [1.82, 2.24) is 4.90 Å². The van der Waals surface area contributed by atoms with Crippen molar-refractivity contribution >= 4 is 5.84 Å². The Bertz CT molecular complexity index is 308. The molecule has 1 saturated heterocycles. The number of piperidine rings is 1. The van der Waals surface area contributed by atoms with Gasteiger partial charge in [0.15, 0.2) is 0 Å². The molecule has 0 spiro atoms. The molecule has 0 aromatic heterocycles. The molecule has 1 aliphatic rings. The maximum Gasteiger partial charge on any atom is 0.399 e. The van der Waals surface area contributed by atoms with E-state index in [9.17, 15) is 13.2 Å². The van der Waals surface area contributed by atoms with Crippen LogP contribution in [0.5, 0.6) is 0 Å². The van der Waals surface area contributed by atoms with Crippen LogP contribution in [-0.2, 0) is 4.74 Å². The normalized spacial score (nSPS) is 28.1. The molecule has 1 fully saturated rings. The Hall–Kier alpha value is -0.820. The topological polar surface area (TPSA) is 62.3 Å². The van der Waals surface area contributed by atoms with Crippen molar-refractivity contribution in [2.45, 2.75) is 31.5 Å². The molecule has 1 aliphatic heterocycles. The molecular formula is C11H20F3N3O. The Balaban J connectivity index is 2.68. The zero-order valence-corrected chi connectivity index (χ0v) is 10.7. The van der Waals surface area contributed by atoms with Gasteiger partial charge in [0.1, 0.15) is 11.8 Å². The van der Waals surface area contributed by atoms with E-state index in [4.69, 9.17) is 15.9 Å². The number of ether oxygens (including phenoxy) is 1. The Morgan fingerprint density at radius 1 is 1.56 bits per heavy atom. The monoisotopic (exact) mass is 267 g/mol. The van der Waals surface area contributed by atoms with Gasteiger partial charge in [-0.2, -0.15) is 13.2 Å². The second kappa shape index (κ2) is 5.44. The predicted molar refractivity (Wildman–Crippen MR) is 62.5 cm³/mol. The number of likely N-dealkylation sites (tertiary alicyclic amines) is 1. The third kappa shape index (κ3) is 3.84. The highest BCUT2D eigenvalue weighted by atomic mass is 19.4. The lowest BCUT2D eigenvalue weighted by Crippen LogP contribution is -2.52. The summed E-state index contributed by atoms with van der Waals surface area (Å²) in [5.74, 6) is -2.72. The summed E-state index contributed by atoms with van der Waals surface area (Å²) in [6.45, 7) is 2.63. The molecule has 1 rings (SSSR count). The van der Waals surface area contributed by atoms with Crippen molar-refractivity contribution in [3.63, 3.8) is 0 Å². The summed E-state index contributed by atoms with van der Waals surface area (Å²) in [4.78, 5) is 1.67. The zero-order valence-electron chi connectivity index (χ0n) is 10.7. The summed E-state index contributed by atoms with van der Waals surface area (Å²) in [6, 6.07) is 0. The number of nitrogens with two attached hydrogens (primary N) is 1. The fourth-order valence-corrected chi connectivity index (χ4v) is 2.27. The SMILES string of the molecule is COC1(C)CCCN(CC(C(=N)N)C(F)(F)F)C1. The van der Waals surface area contributed by atoms with Crippen LogP contribution in [-0.4, -0.2) is 49.3 Å². The van der Waals surface area contributed by atoms with Crippen molar-refractivity contribution < 1.29 is 17.9 Å². The summed E-state index contributed by atoms with van der Waals surface area (Å²) in [5.41, 5.74) is 4.63. The highest BCUT2D eigenvalue weighted by molar-refractivity contribution is 5.80. The Morgan fingerprint density at radius 2 is 2.17 bits per heavy atom. The van der Waals surface area contributed by atoms with Crippen molar-refractivity contribution in [2.24, 2.45) is 11.7 Å². The number of nitrogens with one attached hydrogen (secondary N) is 1. The molecule has 2 unspecified atom stereocenters. The molecule has 2 atom stereocenters. The lowest BCUT2D eigenvalue weighted by molar-refractivity contribution is -0.163. The lowest BCUT2D eigenvalue weighted by Gasteiger charge is -2.40. The van der Waals surface area contributed by atoms with Gasteiger partial charge in [0.2, 0.25) is 0 Å². The first-order valence-electron chi connectivity index (χ1n) is 5.86. The van der Waals surface area contributed by atoms with E-state index in [0.717, 1.165) is 12.8 Å². The van der Waals surface area contributed by atoms with Gasteiger partial charge in [-0.1, -0.05) is 0 Å². The number of alkyl halides is 3. The molecule has 0 radical (unpaired) electrons. The minimum absolute atomic E-state index is 0.266. The first-order valence-corrected chi connectivity index (χ1v) is 5.86. The maximum atomic E-state index is 12.7. The highest BCUT2D eigenvalue weighted by Gasteiger charge is 2.44. The van der Waals surface area contributed by atoms with E-state index < -0.39 is 23.5 Å². The zero-order chi connectivity index (χ0) is 14.0. The van der Waals surface area contributed by atoms with E-state index in [1.165, 1.54) is 0 Å². The van der Waals surface area contributed by atoms with Gasteiger partial charge in [0.25, 0.3) is 0 Å². The first-order chi connectivity index (χ1) is 8.18. The van der Waals surface area contributed by atoms with E-state index in [1.807, 2.05) is 6.92 Å².